The maximum Gasteiger partial charge on any atom is 0.238 e. The van der Waals surface area contributed by atoms with Gasteiger partial charge in [-0.15, -0.1) is 0 Å². The van der Waals surface area contributed by atoms with Crippen LogP contribution in [-0.2, 0) is 4.79 Å². The number of nitrogens with one attached hydrogen (secondary N) is 1. The van der Waals surface area contributed by atoms with Crippen molar-refractivity contribution in [3.63, 3.8) is 0 Å². The summed E-state index contributed by atoms with van der Waals surface area (Å²) in [6.07, 6.45) is 0. The molecule has 19 heavy (non-hydrogen) atoms. The van der Waals surface area contributed by atoms with E-state index in [2.05, 4.69) is 5.32 Å². The van der Waals surface area contributed by atoms with E-state index in [1.807, 2.05) is 38.8 Å². The fraction of sp³-hybridized carbons (Fsp3) is 0.500. The van der Waals surface area contributed by atoms with Crippen LogP contribution in [0.4, 0.5) is 5.69 Å². The average Bonchev–Trinajstić information content (AvgIpc) is 2.33. The summed E-state index contributed by atoms with van der Waals surface area (Å²) >= 11 is 6.03. The van der Waals surface area contributed by atoms with E-state index < -0.39 is 0 Å². The summed E-state index contributed by atoms with van der Waals surface area (Å²) < 4.78 is 5.22. The van der Waals surface area contributed by atoms with Crippen molar-refractivity contribution in [1.82, 2.24) is 4.90 Å². The number of hydrogen-bond acceptors (Lipinski definition) is 3. The van der Waals surface area contributed by atoms with E-state index in [9.17, 15) is 4.79 Å². The number of aryl methyl sites for hydroxylation is 1. The molecule has 0 unspecified atom stereocenters. The average molecular weight is 285 g/mol. The Bertz CT molecular complexity index is 461. The number of amides is 1. The number of anilines is 1. The van der Waals surface area contributed by atoms with E-state index >= 15 is 0 Å². The van der Waals surface area contributed by atoms with Crippen LogP contribution in [0.3, 0.4) is 0 Å². The maximum absolute atomic E-state index is 12.0. The molecule has 0 aliphatic carbocycles. The fourth-order valence-electron chi connectivity index (χ4n) is 1.53. The van der Waals surface area contributed by atoms with E-state index in [1.54, 1.807) is 13.2 Å². The monoisotopic (exact) mass is 284 g/mol. The quantitative estimate of drug-likeness (QED) is 0.904. The number of rotatable bonds is 5. The van der Waals surface area contributed by atoms with Crippen molar-refractivity contribution in [3.05, 3.63) is 22.7 Å². The topological polar surface area (TPSA) is 41.6 Å². The summed E-state index contributed by atoms with van der Waals surface area (Å²) in [7, 11) is 3.46. The van der Waals surface area contributed by atoms with E-state index in [1.165, 1.54) is 0 Å². The Labute approximate surface area is 119 Å². The highest BCUT2D eigenvalue weighted by molar-refractivity contribution is 6.31. The number of benzene rings is 1. The zero-order valence-electron chi connectivity index (χ0n) is 12.1. The van der Waals surface area contributed by atoms with Crippen LogP contribution in [-0.4, -0.2) is 37.6 Å². The molecule has 4 nitrogen and oxygen atoms in total. The van der Waals surface area contributed by atoms with Crippen molar-refractivity contribution in [2.45, 2.75) is 26.8 Å². The van der Waals surface area contributed by atoms with Crippen LogP contribution in [0.25, 0.3) is 0 Å². The first-order valence-corrected chi connectivity index (χ1v) is 6.57. The lowest BCUT2D eigenvalue weighted by Gasteiger charge is -2.20. The van der Waals surface area contributed by atoms with Gasteiger partial charge in [0, 0.05) is 17.1 Å². The van der Waals surface area contributed by atoms with Crippen LogP contribution in [0.2, 0.25) is 5.02 Å². The van der Waals surface area contributed by atoms with Crippen LogP contribution >= 0.6 is 11.6 Å². The predicted molar refractivity (Wildman–Crippen MR) is 79.1 cm³/mol. The molecule has 0 aromatic heterocycles. The summed E-state index contributed by atoms with van der Waals surface area (Å²) in [5.74, 6) is 0.493. The standard InChI is InChI=1S/C14H21ClN2O2/c1-9(2)17(4)8-14(18)16-12-6-10(3)11(15)7-13(12)19-5/h6-7,9H,8H2,1-5H3,(H,16,18). The predicted octanol–water partition coefficient (Wildman–Crippen LogP) is 2.94. The lowest BCUT2D eigenvalue weighted by Crippen LogP contribution is -2.34. The van der Waals surface area contributed by atoms with Gasteiger partial charge in [0.2, 0.25) is 5.91 Å². The molecule has 1 aromatic carbocycles. The Hall–Kier alpha value is -1.26. The molecule has 1 rings (SSSR count). The fourth-order valence-corrected chi connectivity index (χ4v) is 1.68. The first-order valence-electron chi connectivity index (χ1n) is 6.19. The smallest absolute Gasteiger partial charge is 0.238 e. The number of nitrogens with zero attached hydrogens (tertiary/aromatic N) is 1. The van der Waals surface area contributed by atoms with Crippen molar-refractivity contribution in [2.24, 2.45) is 0 Å². The number of carbonyl (C=O) groups excluding carboxylic acids is 1. The molecule has 0 spiro atoms. The molecule has 0 saturated heterocycles. The third-order valence-electron chi connectivity index (χ3n) is 3.03. The third-order valence-corrected chi connectivity index (χ3v) is 3.44. The molecule has 0 fully saturated rings. The summed E-state index contributed by atoms with van der Waals surface area (Å²) in [5.41, 5.74) is 1.54. The summed E-state index contributed by atoms with van der Waals surface area (Å²) in [6, 6.07) is 3.84. The van der Waals surface area contributed by atoms with Gasteiger partial charge in [-0.05, 0) is 39.4 Å². The summed E-state index contributed by atoms with van der Waals surface area (Å²) in [6.45, 7) is 6.31. The van der Waals surface area contributed by atoms with Crippen molar-refractivity contribution in [3.8, 4) is 5.75 Å². The van der Waals surface area contributed by atoms with Gasteiger partial charge in [0.15, 0.2) is 0 Å². The van der Waals surface area contributed by atoms with Crippen LogP contribution in [0.5, 0.6) is 5.75 Å². The van der Waals surface area contributed by atoms with Gasteiger partial charge in [0.05, 0.1) is 19.3 Å². The van der Waals surface area contributed by atoms with Gasteiger partial charge >= 0.3 is 0 Å². The number of carbonyl (C=O) groups is 1. The minimum atomic E-state index is -0.0729. The lowest BCUT2D eigenvalue weighted by molar-refractivity contribution is -0.117. The van der Waals surface area contributed by atoms with Crippen LogP contribution < -0.4 is 10.1 Å². The number of methoxy groups -OCH3 is 1. The second-order valence-electron chi connectivity index (χ2n) is 4.86. The zero-order valence-corrected chi connectivity index (χ0v) is 12.8. The van der Waals surface area contributed by atoms with Crippen molar-refractivity contribution < 1.29 is 9.53 Å². The van der Waals surface area contributed by atoms with Gasteiger partial charge < -0.3 is 10.1 Å². The molecule has 1 aromatic rings. The van der Waals surface area contributed by atoms with Crippen LogP contribution in [0.1, 0.15) is 19.4 Å². The van der Waals surface area contributed by atoms with Gasteiger partial charge in [-0.3, -0.25) is 9.69 Å². The Morgan fingerprint density at radius 2 is 2.11 bits per heavy atom. The highest BCUT2D eigenvalue weighted by Gasteiger charge is 2.13. The largest absolute Gasteiger partial charge is 0.495 e. The van der Waals surface area contributed by atoms with Gasteiger partial charge in [-0.2, -0.15) is 0 Å². The molecule has 0 aliphatic rings. The normalized spacial score (nSPS) is 10.9. The zero-order chi connectivity index (χ0) is 14.6. The van der Waals surface area contributed by atoms with Gasteiger partial charge in [-0.25, -0.2) is 0 Å². The Morgan fingerprint density at radius 1 is 1.47 bits per heavy atom. The summed E-state index contributed by atoms with van der Waals surface area (Å²) in [5, 5.41) is 3.47. The highest BCUT2D eigenvalue weighted by atomic mass is 35.5. The molecule has 0 aliphatic heterocycles. The molecule has 0 atom stereocenters. The third kappa shape index (κ3) is 4.40. The number of hydrogen-bond donors (Lipinski definition) is 1. The molecule has 106 valence electrons. The van der Waals surface area contributed by atoms with Crippen LogP contribution in [0.15, 0.2) is 12.1 Å². The first kappa shape index (κ1) is 15.8. The SMILES string of the molecule is COc1cc(Cl)c(C)cc1NC(=O)CN(C)C(C)C. The van der Waals surface area contributed by atoms with Gasteiger partial charge in [0.1, 0.15) is 5.75 Å². The van der Waals surface area contributed by atoms with Crippen LogP contribution in [0, 0.1) is 6.92 Å². The molecule has 0 heterocycles. The summed E-state index contributed by atoms with van der Waals surface area (Å²) in [4.78, 5) is 13.9. The Balaban J connectivity index is 2.81. The highest BCUT2D eigenvalue weighted by Crippen LogP contribution is 2.30. The molecular formula is C14H21ClN2O2. The van der Waals surface area contributed by atoms with E-state index in [4.69, 9.17) is 16.3 Å². The van der Waals surface area contributed by atoms with E-state index in [0.29, 0.717) is 29.0 Å². The second kappa shape index (κ2) is 6.78. The van der Waals surface area contributed by atoms with Crippen molar-refractivity contribution in [2.75, 3.05) is 26.0 Å². The molecule has 0 radical (unpaired) electrons. The molecule has 1 N–H and O–H groups in total. The van der Waals surface area contributed by atoms with Gasteiger partial charge in [-0.1, -0.05) is 11.6 Å². The first-order chi connectivity index (χ1) is 8.85. The van der Waals surface area contributed by atoms with Crippen molar-refractivity contribution in [1.29, 1.82) is 0 Å². The molecule has 1 amide bonds. The number of halogens is 1. The molecular weight excluding hydrogens is 264 g/mol. The van der Waals surface area contributed by atoms with Gasteiger partial charge in [0.25, 0.3) is 0 Å². The molecule has 5 heteroatoms. The molecule has 0 bridgehead atoms. The minimum absolute atomic E-state index is 0.0729. The van der Waals surface area contributed by atoms with Crippen molar-refractivity contribution >= 4 is 23.2 Å². The van der Waals surface area contributed by atoms with E-state index in [-0.39, 0.29) is 5.91 Å². The Kier molecular flexibility index (Phi) is 5.63. The van der Waals surface area contributed by atoms with E-state index in [0.717, 1.165) is 5.56 Å². The Morgan fingerprint density at radius 3 is 2.63 bits per heavy atom. The molecule has 0 saturated carbocycles. The maximum atomic E-state index is 12.0. The minimum Gasteiger partial charge on any atom is -0.495 e. The lowest BCUT2D eigenvalue weighted by atomic mass is 10.2. The number of likely N-dealkylation sites (N-methyl/N-ethyl adjacent to an activating group) is 1. The number of ether oxygens (including phenoxy) is 1. The second-order valence-corrected chi connectivity index (χ2v) is 5.27.